The van der Waals surface area contributed by atoms with Crippen LogP contribution in [0.15, 0.2) is 43.0 Å². The molecule has 2 nitrogen and oxygen atoms in total. The Balaban J connectivity index is 2.38. The lowest BCUT2D eigenvalue weighted by molar-refractivity contribution is -0.0268. The molecule has 0 bridgehead atoms. The number of benzene rings is 1. The molecule has 94 valence electrons. The van der Waals surface area contributed by atoms with E-state index in [2.05, 4.69) is 6.58 Å². The highest BCUT2D eigenvalue weighted by atomic mass is 16.5. The Hall–Kier alpha value is -1.12. The largest absolute Gasteiger partial charge is 0.392 e. The molecule has 0 aliphatic carbocycles. The summed E-state index contributed by atoms with van der Waals surface area (Å²) in [4.78, 5) is 0. The first-order valence-electron chi connectivity index (χ1n) is 6.09. The zero-order valence-electron chi connectivity index (χ0n) is 10.7. The summed E-state index contributed by atoms with van der Waals surface area (Å²) >= 11 is 0. The molecule has 0 saturated carbocycles. The summed E-state index contributed by atoms with van der Waals surface area (Å²) in [6.45, 7) is 8.23. The first-order valence-corrected chi connectivity index (χ1v) is 6.09. The van der Waals surface area contributed by atoms with Crippen LogP contribution < -0.4 is 0 Å². The molecule has 2 heteroatoms. The number of aliphatic hydroxyl groups is 1. The van der Waals surface area contributed by atoms with Gasteiger partial charge in [-0.2, -0.15) is 0 Å². The second-order valence-electron chi connectivity index (χ2n) is 4.45. The first-order chi connectivity index (χ1) is 8.15. The highest BCUT2D eigenvalue weighted by molar-refractivity contribution is 5.13. The van der Waals surface area contributed by atoms with Gasteiger partial charge in [-0.05, 0) is 18.9 Å². The second kappa shape index (κ2) is 7.25. The molecule has 1 aromatic rings. The van der Waals surface area contributed by atoms with E-state index in [1.807, 2.05) is 44.2 Å². The van der Waals surface area contributed by atoms with E-state index in [1.54, 1.807) is 6.08 Å². The van der Waals surface area contributed by atoms with Crippen molar-refractivity contribution in [2.24, 2.45) is 5.92 Å². The Morgan fingerprint density at radius 2 is 1.94 bits per heavy atom. The molecule has 0 aliphatic heterocycles. The maximum atomic E-state index is 9.83. The molecule has 0 spiro atoms. The predicted molar refractivity (Wildman–Crippen MR) is 70.7 cm³/mol. The average Bonchev–Trinajstić information content (AvgIpc) is 2.36. The van der Waals surface area contributed by atoms with Crippen molar-refractivity contribution in [2.45, 2.75) is 39.1 Å². The minimum absolute atomic E-state index is 0.0326. The summed E-state index contributed by atoms with van der Waals surface area (Å²) in [7, 11) is 0. The topological polar surface area (TPSA) is 29.5 Å². The lowest BCUT2D eigenvalue weighted by atomic mass is 9.97. The number of hydrogen-bond acceptors (Lipinski definition) is 2. The molecular formula is C15H22O2. The SMILES string of the molecule is C=CC[C@@H](O)[C@@H](C)[C@@H](C)OCc1ccccc1. The number of ether oxygens (including phenoxy) is 1. The third-order valence-electron chi connectivity index (χ3n) is 3.11. The molecule has 1 rings (SSSR count). The van der Waals surface area contributed by atoms with Crippen molar-refractivity contribution < 1.29 is 9.84 Å². The third kappa shape index (κ3) is 4.72. The lowest BCUT2D eigenvalue weighted by Crippen LogP contribution is -2.29. The number of aliphatic hydroxyl groups excluding tert-OH is 1. The van der Waals surface area contributed by atoms with Gasteiger partial charge in [0.1, 0.15) is 0 Å². The highest BCUT2D eigenvalue weighted by Crippen LogP contribution is 2.16. The molecular weight excluding hydrogens is 212 g/mol. The summed E-state index contributed by atoms with van der Waals surface area (Å²) in [5, 5.41) is 9.83. The van der Waals surface area contributed by atoms with Crippen LogP contribution in [0.25, 0.3) is 0 Å². The van der Waals surface area contributed by atoms with Crippen LogP contribution in [0.3, 0.4) is 0 Å². The quantitative estimate of drug-likeness (QED) is 0.734. The Morgan fingerprint density at radius 1 is 1.29 bits per heavy atom. The van der Waals surface area contributed by atoms with Crippen LogP contribution >= 0.6 is 0 Å². The molecule has 0 aliphatic rings. The van der Waals surface area contributed by atoms with Gasteiger partial charge in [0.15, 0.2) is 0 Å². The smallest absolute Gasteiger partial charge is 0.0720 e. The zero-order chi connectivity index (χ0) is 12.7. The molecule has 0 heterocycles. The molecule has 3 atom stereocenters. The van der Waals surface area contributed by atoms with Gasteiger partial charge in [-0.1, -0.05) is 43.3 Å². The zero-order valence-corrected chi connectivity index (χ0v) is 10.7. The van der Waals surface area contributed by atoms with E-state index in [-0.39, 0.29) is 18.1 Å². The van der Waals surface area contributed by atoms with E-state index in [4.69, 9.17) is 4.74 Å². The fraction of sp³-hybridized carbons (Fsp3) is 0.467. The van der Waals surface area contributed by atoms with Crippen LogP contribution in [-0.4, -0.2) is 17.3 Å². The van der Waals surface area contributed by atoms with Crippen molar-refractivity contribution in [3.05, 3.63) is 48.6 Å². The Bertz CT molecular complexity index is 321. The van der Waals surface area contributed by atoms with Gasteiger partial charge in [-0.15, -0.1) is 6.58 Å². The molecule has 0 unspecified atom stereocenters. The van der Waals surface area contributed by atoms with E-state index in [1.165, 1.54) is 0 Å². The molecule has 0 saturated heterocycles. The minimum Gasteiger partial charge on any atom is -0.392 e. The molecule has 0 aromatic heterocycles. The van der Waals surface area contributed by atoms with Crippen LogP contribution in [0.2, 0.25) is 0 Å². The average molecular weight is 234 g/mol. The van der Waals surface area contributed by atoms with E-state index < -0.39 is 0 Å². The number of rotatable bonds is 7. The molecule has 0 fully saturated rings. The van der Waals surface area contributed by atoms with E-state index in [0.29, 0.717) is 13.0 Å². The van der Waals surface area contributed by atoms with Crippen molar-refractivity contribution in [1.82, 2.24) is 0 Å². The third-order valence-corrected chi connectivity index (χ3v) is 3.11. The molecule has 1 aromatic carbocycles. The van der Waals surface area contributed by atoms with Crippen molar-refractivity contribution in [2.75, 3.05) is 0 Å². The van der Waals surface area contributed by atoms with Crippen LogP contribution in [0.1, 0.15) is 25.8 Å². The summed E-state index contributed by atoms with van der Waals surface area (Å²) in [5.41, 5.74) is 1.16. The van der Waals surface area contributed by atoms with Gasteiger partial charge >= 0.3 is 0 Å². The maximum Gasteiger partial charge on any atom is 0.0720 e. The lowest BCUT2D eigenvalue weighted by Gasteiger charge is -2.24. The fourth-order valence-electron chi connectivity index (χ4n) is 1.65. The molecule has 17 heavy (non-hydrogen) atoms. The van der Waals surface area contributed by atoms with Gasteiger partial charge in [0.05, 0.1) is 18.8 Å². The monoisotopic (exact) mass is 234 g/mol. The van der Waals surface area contributed by atoms with Crippen LogP contribution in [0, 0.1) is 5.92 Å². The maximum absolute atomic E-state index is 9.83. The molecule has 1 N–H and O–H groups in total. The first kappa shape index (κ1) is 13.9. The summed E-state index contributed by atoms with van der Waals surface area (Å²) < 4.78 is 5.76. The Morgan fingerprint density at radius 3 is 2.53 bits per heavy atom. The van der Waals surface area contributed by atoms with Crippen LogP contribution in [0.4, 0.5) is 0 Å². The minimum atomic E-state index is -0.377. The van der Waals surface area contributed by atoms with Crippen molar-refractivity contribution in [1.29, 1.82) is 0 Å². The van der Waals surface area contributed by atoms with Gasteiger partial charge < -0.3 is 9.84 Å². The van der Waals surface area contributed by atoms with Gasteiger partial charge in [0.2, 0.25) is 0 Å². The fourth-order valence-corrected chi connectivity index (χ4v) is 1.65. The summed E-state index contributed by atoms with van der Waals surface area (Å²) in [6.07, 6.45) is 2.01. The van der Waals surface area contributed by atoms with E-state index in [0.717, 1.165) is 5.56 Å². The van der Waals surface area contributed by atoms with Crippen LogP contribution in [0.5, 0.6) is 0 Å². The Kier molecular flexibility index (Phi) is 5.95. The van der Waals surface area contributed by atoms with Crippen LogP contribution in [-0.2, 0) is 11.3 Å². The summed E-state index contributed by atoms with van der Waals surface area (Å²) in [5.74, 6) is 0.108. The highest BCUT2D eigenvalue weighted by Gasteiger charge is 2.20. The van der Waals surface area contributed by atoms with E-state index in [9.17, 15) is 5.11 Å². The number of hydrogen-bond donors (Lipinski definition) is 1. The van der Waals surface area contributed by atoms with Crippen molar-refractivity contribution in [3.8, 4) is 0 Å². The Labute approximate surface area is 104 Å². The molecule has 0 amide bonds. The van der Waals surface area contributed by atoms with Crippen molar-refractivity contribution >= 4 is 0 Å². The van der Waals surface area contributed by atoms with Gasteiger partial charge in [0, 0.05) is 5.92 Å². The van der Waals surface area contributed by atoms with Gasteiger partial charge in [-0.25, -0.2) is 0 Å². The normalized spacial score (nSPS) is 16.2. The van der Waals surface area contributed by atoms with E-state index >= 15 is 0 Å². The van der Waals surface area contributed by atoms with Crippen molar-refractivity contribution in [3.63, 3.8) is 0 Å². The predicted octanol–water partition coefficient (Wildman–Crippen LogP) is 3.16. The molecule has 0 radical (unpaired) electrons. The van der Waals surface area contributed by atoms with Gasteiger partial charge in [0.25, 0.3) is 0 Å². The standard InChI is InChI=1S/C15H22O2/c1-4-8-15(16)12(2)13(3)17-11-14-9-6-5-7-10-14/h4-7,9-10,12-13,15-16H,1,8,11H2,2-3H3/t12-,13+,15+/m0/s1. The second-order valence-corrected chi connectivity index (χ2v) is 4.45. The summed E-state index contributed by atoms with van der Waals surface area (Å²) in [6, 6.07) is 10.1. The van der Waals surface area contributed by atoms with Gasteiger partial charge in [-0.3, -0.25) is 0 Å².